The highest BCUT2D eigenvalue weighted by Crippen LogP contribution is 2.28. The number of carbonyl (C=O) groups excluding carboxylic acids is 2. The zero-order valence-corrected chi connectivity index (χ0v) is 22.2. The summed E-state index contributed by atoms with van der Waals surface area (Å²) in [6.45, 7) is 4.58. The summed E-state index contributed by atoms with van der Waals surface area (Å²) < 4.78 is 21.8. The van der Waals surface area contributed by atoms with Crippen LogP contribution in [0.4, 0.5) is 4.79 Å². The summed E-state index contributed by atoms with van der Waals surface area (Å²) in [6.07, 6.45) is 1.21. The van der Waals surface area contributed by atoms with Gasteiger partial charge in [0.1, 0.15) is 5.75 Å². The Balaban J connectivity index is 1.54. The van der Waals surface area contributed by atoms with Crippen molar-refractivity contribution in [3.8, 4) is 5.75 Å². The lowest BCUT2D eigenvalue weighted by molar-refractivity contribution is -0.131. The number of thioether (sulfide) groups is 1. The molecule has 2 aliphatic heterocycles. The Morgan fingerprint density at radius 2 is 1.92 bits per heavy atom. The van der Waals surface area contributed by atoms with E-state index < -0.39 is 16.7 Å². The first-order chi connectivity index (χ1) is 17.5. The van der Waals surface area contributed by atoms with E-state index in [1.807, 2.05) is 23.1 Å². The van der Waals surface area contributed by atoms with Crippen LogP contribution < -0.4 is 15.8 Å². The Kier molecular flexibility index (Phi) is 12.3. The topological polar surface area (TPSA) is 125 Å². The summed E-state index contributed by atoms with van der Waals surface area (Å²) >= 11 is 7.63. The number of benzene rings is 1. The zero-order chi connectivity index (χ0) is 25.8. The van der Waals surface area contributed by atoms with Gasteiger partial charge >= 0.3 is 6.03 Å². The Hall–Kier alpha value is -1.89. The van der Waals surface area contributed by atoms with Crippen molar-refractivity contribution >= 4 is 40.3 Å². The van der Waals surface area contributed by atoms with Crippen molar-refractivity contribution in [1.82, 2.24) is 10.2 Å². The number of halogens is 1. The molecule has 2 heterocycles. The van der Waals surface area contributed by atoms with Gasteiger partial charge in [-0.05, 0) is 36.1 Å². The lowest BCUT2D eigenvalue weighted by Crippen LogP contribution is -2.43. The van der Waals surface area contributed by atoms with Crippen LogP contribution in [0.15, 0.2) is 23.2 Å². The van der Waals surface area contributed by atoms with Crippen LogP contribution >= 0.6 is 23.4 Å². The van der Waals surface area contributed by atoms with Gasteiger partial charge in [0.25, 0.3) is 0 Å². The molecule has 0 bridgehead atoms. The predicted octanol–water partition coefficient (Wildman–Crippen LogP) is 1.81. The maximum Gasteiger partial charge on any atom is 0.341 e. The summed E-state index contributed by atoms with van der Waals surface area (Å²) in [6, 6.07) is 5.50. The predicted molar refractivity (Wildman–Crippen MR) is 140 cm³/mol. The first kappa shape index (κ1) is 28.7. The van der Waals surface area contributed by atoms with Gasteiger partial charge in [0, 0.05) is 32.8 Å². The third kappa shape index (κ3) is 8.89. The molecule has 2 atom stereocenters. The van der Waals surface area contributed by atoms with E-state index in [2.05, 4.69) is 10.3 Å². The number of amides is 3. The molecule has 12 heteroatoms. The summed E-state index contributed by atoms with van der Waals surface area (Å²) in [5.41, 5.74) is 7.66. The number of methoxy groups -OCH3 is 1. The Bertz CT molecular complexity index is 905. The number of alkyl halides is 1. The molecule has 0 aromatic heterocycles. The lowest BCUT2D eigenvalue weighted by atomic mass is 9.99. The Labute approximate surface area is 221 Å². The molecule has 3 N–H and O–H groups in total. The Morgan fingerprint density at radius 1 is 1.19 bits per heavy atom. The van der Waals surface area contributed by atoms with Gasteiger partial charge in [0.2, 0.25) is 5.91 Å². The SMILES string of the molecule is COc1ccc2c(c1)CCN(C(=O)[C@@H](CCOCCOCCOCCN)SC1=NC(=O)NCC1Cl)C2. The number of ether oxygens (including phenoxy) is 4. The van der Waals surface area contributed by atoms with Crippen molar-refractivity contribution < 1.29 is 28.5 Å². The minimum atomic E-state index is -0.471. The highest BCUT2D eigenvalue weighted by Gasteiger charge is 2.32. The minimum Gasteiger partial charge on any atom is -0.497 e. The molecular formula is C24H35ClN4O6S. The molecule has 1 aromatic carbocycles. The fraction of sp³-hybridized carbons (Fsp3) is 0.625. The maximum atomic E-state index is 13.6. The molecule has 0 spiro atoms. The third-order valence-electron chi connectivity index (χ3n) is 5.72. The number of carbonyl (C=O) groups is 2. The molecule has 1 unspecified atom stereocenters. The van der Waals surface area contributed by atoms with Crippen LogP contribution in [0.1, 0.15) is 17.5 Å². The summed E-state index contributed by atoms with van der Waals surface area (Å²) in [5, 5.41) is 2.13. The summed E-state index contributed by atoms with van der Waals surface area (Å²) in [7, 11) is 1.65. The molecule has 0 saturated carbocycles. The molecular weight excluding hydrogens is 508 g/mol. The molecule has 200 valence electrons. The summed E-state index contributed by atoms with van der Waals surface area (Å²) in [5.74, 6) is 0.795. The van der Waals surface area contributed by atoms with Gasteiger partial charge < -0.3 is 34.9 Å². The van der Waals surface area contributed by atoms with Crippen molar-refractivity contribution in [2.75, 3.05) is 66.4 Å². The van der Waals surface area contributed by atoms with Crippen molar-refractivity contribution in [2.24, 2.45) is 10.7 Å². The van der Waals surface area contributed by atoms with Crippen molar-refractivity contribution in [3.63, 3.8) is 0 Å². The van der Waals surface area contributed by atoms with Crippen LogP contribution in [0, 0.1) is 0 Å². The number of nitrogens with one attached hydrogen (secondary N) is 1. The van der Waals surface area contributed by atoms with Crippen molar-refractivity contribution in [3.05, 3.63) is 29.3 Å². The first-order valence-corrected chi connectivity index (χ1v) is 13.4. The highest BCUT2D eigenvalue weighted by atomic mass is 35.5. The quantitative estimate of drug-likeness (QED) is 0.269. The van der Waals surface area contributed by atoms with E-state index in [1.54, 1.807) is 7.11 Å². The van der Waals surface area contributed by atoms with E-state index in [0.29, 0.717) is 70.7 Å². The third-order valence-corrected chi connectivity index (χ3v) is 7.55. The van der Waals surface area contributed by atoms with Crippen LogP contribution in [0.3, 0.4) is 0 Å². The molecule has 0 fully saturated rings. The van der Waals surface area contributed by atoms with Crippen LogP contribution in [-0.2, 0) is 32.0 Å². The van der Waals surface area contributed by atoms with Crippen LogP contribution in [0.25, 0.3) is 0 Å². The van der Waals surface area contributed by atoms with E-state index in [0.717, 1.165) is 17.7 Å². The number of fused-ring (bicyclic) bond motifs is 1. The maximum absolute atomic E-state index is 13.6. The number of aliphatic imine (C=N–C) groups is 1. The highest BCUT2D eigenvalue weighted by molar-refractivity contribution is 8.15. The van der Waals surface area contributed by atoms with Gasteiger partial charge in [-0.3, -0.25) is 4.79 Å². The standard InChI is InChI=1S/C24H35ClN4O6S/c1-32-19-3-2-18-16-29(7-4-17(18)14-19)23(30)21(36-22-20(25)15-27-24(31)28-22)5-8-33-10-12-35-13-11-34-9-6-26/h2-3,14,20-21H,4-13,15-16,26H2,1H3,(H,27,31)/t20?,21-/m1/s1. The van der Waals surface area contributed by atoms with Crippen molar-refractivity contribution in [2.45, 2.75) is 30.0 Å². The number of hydrogen-bond donors (Lipinski definition) is 2. The summed E-state index contributed by atoms with van der Waals surface area (Å²) in [4.78, 5) is 31.2. The van der Waals surface area contributed by atoms with Gasteiger partial charge in [-0.15, -0.1) is 11.6 Å². The van der Waals surface area contributed by atoms with Crippen LogP contribution in [-0.4, -0.2) is 98.9 Å². The fourth-order valence-corrected chi connectivity index (χ4v) is 5.22. The molecule has 2 aliphatic rings. The second-order valence-electron chi connectivity index (χ2n) is 8.27. The number of hydrogen-bond acceptors (Lipinski definition) is 8. The van der Waals surface area contributed by atoms with Crippen molar-refractivity contribution in [1.29, 1.82) is 0 Å². The fourth-order valence-electron chi connectivity index (χ4n) is 3.82. The van der Waals surface area contributed by atoms with Crippen LogP contribution in [0.2, 0.25) is 0 Å². The van der Waals surface area contributed by atoms with Gasteiger partial charge in [-0.2, -0.15) is 4.99 Å². The lowest BCUT2D eigenvalue weighted by Gasteiger charge is -2.32. The molecule has 0 radical (unpaired) electrons. The molecule has 3 amide bonds. The number of urea groups is 1. The average molecular weight is 543 g/mol. The monoisotopic (exact) mass is 542 g/mol. The van der Waals surface area contributed by atoms with E-state index in [4.69, 9.17) is 36.3 Å². The largest absolute Gasteiger partial charge is 0.497 e. The van der Waals surface area contributed by atoms with Gasteiger partial charge in [0.05, 0.1) is 55.8 Å². The second-order valence-corrected chi connectivity index (χ2v) is 10.0. The average Bonchev–Trinajstić information content (AvgIpc) is 2.89. The molecule has 10 nitrogen and oxygen atoms in total. The molecule has 0 aliphatic carbocycles. The molecule has 0 saturated heterocycles. The smallest absolute Gasteiger partial charge is 0.341 e. The van der Waals surface area contributed by atoms with Gasteiger partial charge in [-0.25, -0.2) is 4.79 Å². The number of nitrogens with zero attached hydrogens (tertiary/aromatic N) is 2. The van der Waals surface area contributed by atoms with E-state index in [1.165, 1.54) is 17.3 Å². The number of nitrogens with two attached hydrogens (primary N) is 1. The second kappa shape index (κ2) is 15.4. The first-order valence-electron chi connectivity index (χ1n) is 12.1. The zero-order valence-electron chi connectivity index (χ0n) is 20.6. The number of rotatable bonds is 14. The van der Waals surface area contributed by atoms with Gasteiger partial charge in [-0.1, -0.05) is 17.8 Å². The molecule has 3 rings (SSSR count). The normalized spacial score (nSPS) is 18.3. The Morgan fingerprint density at radius 3 is 2.64 bits per heavy atom. The molecule has 36 heavy (non-hydrogen) atoms. The van der Waals surface area contributed by atoms with E-state index >= 15 is 0 Å². The van der Waals surface area contributed by atoms with E-state index in [9.17, 15) is 9.59 Å². The molecule has 1 aromatic rings. The minimum absolute atomic E-state index is 0.0177. The van der Waals surface area contributed by atoms with Gasteiger partial charge in [0.15, 0.2) is 0 Å². The van der Waals surface area contributed by atoms with E-state index in [-0.39, 0.29) is 12.5 Å². The van der Waals surface area contributed by atoms with Crippen LogP contribution in [0.5, 0.6) is 5.75 Å².